The molecule has 14 heavy (non-hydrogen) atoms. The van der Waals surface area contributed by atoms with E-state index in [1.165, 1.54) is 6.07 Å². The highest BCUT2D eigenvalue weighted by Gasteiger charge is 2.30. The molecular weight excluding hydrogens is 185 g/mol. The van der Waals surface area contributed by atoms with Crippen molar-refractivity contribution in [1.29, 1.82) is 0 Å². The average molecular weight is 193 g/mol. The van der Waals surface area contributed by atoms with Crippen molar-refractivity contribution >= 4 is 17.4 Å². The first-order valence-corrected chi connectivity index (χ1v) is 4.17. The van der Waals surface area contributed by atoms with Gasteiger partial charge in [-0.3, -0.25) is 9.59 Å². The molecule has 0 unspecified atom stereocenters. The predicted molar refractivity (Wildman–Crippen MR) is 48.8 cm³/mol. The van der Waals surface area contributed by atoms with Crippen LogP contribution in [0.3, 0.4) is 0 Å². The number of rotatable bonds is 0. The van der Waals surface area contributed by atoms with Crippen LogP contribution in [0.1, 0.15) is 21.5 Å². The molecule has 0 spiro atoms. The summed E-state index contributed by atoms with van der Waals surface area (Å²) in [7, 11) is 0. The topological polar surface area (TPSA) is 46.2 Å². The van der Waals surface area contributed by atoms with Crippen LogP contribution in [0.2, 0.25) is 0 Å². The zero-order valence-electron chi connectivity index (χ0n) is 7.77. The summed E-state index contributed by atoms with van der Waals surface area (Å²) in [5.74, 6) is -1.65. The van der Waals surface area contributed by atoms with E-state index in [0.717, 1.165) is 0 Å². The molecule has 1 amide bonds. The van der Waals surface area contributed by atoms with Crippen LogP contribution < -0.4 is 5.32 Å². The molecule has 0 saturated heterocycles. The second-order valence-electron chi connectivity index (χ2n) is 3.34. The molecule has 0 bridgehead atoms. The van der Waals surface area contributed by atoms with Gasteiger partial charge in [0.15, 0.2) is 0 Å². The van der Waals surface area contributed by atoms with Gasteiger partial charge in [-0.15, -0.1) is 0 Å². The van der Waals surface area contributed by atoms with Crippen LogP contribution in [0, 0.1) is 19.7 Å². The van der Waals surface area contributed by atoms with Crippen molar-refractivity contribution in [3.05, 3.63) is 28.6 Å². The smallest absolute Gasteiger partial charge is 0.296 e. The SMILES string of the molecule is Cc1cc2c(c(C)c1F)NC(=O)C2=O. The number of aryl methyl sites for hydroxylation is 1. The molecule has 0 aromatic heterocycles. The molecule has 4 heteroatoms. The Morgan fingerprint density at radius 2 is 1.93 bits per heavy atom. The van der Waals surface area contributed by atoms with Crippen LogP contribution in [-0.4, -0.2) is 11.7 Å². The van der Waals surface area contributed by atoms with E-state index in [4.69, 9.17) is 0 Å². The summed E-state index contributed by atoms with van der Waals surface area (Å²) in [6, 6.07) is 1.40. The summed E-state index contributed by atoms with van der Waals surface area (Å²) in [5, 5.41) is 2.36. The van der Waals surface area contributed by atoms with Crippen molar-refractivity contribution < 1.29 is 14.0 Å². The number of benzene rings is 1. The van der Waals surface area contributed by atoms with Gasteiger partial charge in [-0.25, -0.2) is 4.39 Å². The van der Waals surface area contributed by atoms with Crippen molar-refractivity contribution in [2.24, 2.45) is 0 Å². The number of carbonyl (C=O) groups is 2. The molecule has 2 rings (SSSR count). The lowest BCUT2D eigenvalue weighted by Crippen LogP contribution is -2.12. The van der Waals surface area contributed by atoms with Crippen LogP contribution in [0.4, 0.5) is 10.1 Å². The molecule has 1 aromatic carbocycles. The highest BCUT2D eigenvalue weighted by atomic mass is 19.1. The molecule has 1 aliphatic heterocycles. The number of amides is 1. The summed E-state index contributed by atoms with van der Waals surface area (Å²) in [6.07, 6.45) is 0. The van der Waals surface area contributed by atoms with E-state index in [1.807, 2.05) is 0 Å². The van der Waals surface area contributed by atoms with Gasteiger partial charge < -0.3 is 5.32 Å². The maximum Gasteiger partial charge on any atom is 0.296 e. The van der Waals surface area contributed by atoms with Crippen molar-refractivity contribution in [2.45, 2.75) is 13.8 Å². The first-order chi connectivity index (χ1) is 6.52. The summed E-state index contributed by atoms with van der Waals surface area (Å²) in [6.45, 7) is 3.11. The second-order valence-corrected chi connectivity index (χ2v) is 3.34. The largest absolute Gasteiger partial charge is 0.318 e. The molecule has 0 aliphatic carbocycles. The van der Waals surface area contributed by atoms with E-state index < -0.39 is 11.7 Å². The standard InChI is InChI=1S/C10H8FNO2/c1-4-3-6-8(5(2)7(4)11)12-10(14)9(6)13/h3H,1-2H3,(H,12,13,14). The molecule has 0 atom stereocenters. The average Bonchev–Trinajstić information content (AvgIpc) is 2.42. The first-order valence-electron chi connectivity index (χ1n) is 4.17. The summed E-state index contributed by atoms with van der Waals surface area (Å²) in [4.78, 5) is 22.3. The molecule has 3 nitrogen and oxygen atoms in total. The third-order valence-corrected chi connectivity index (χ3v) is 2.37. The van der Waals surface area contributed by atoms with E-state index in [1.54, 1.807) is 13.8 Å². The Morgan fingerprint density at radius 1 is 1.29 bits per heavy atom. The quantitative estimate of drug-likeness (QED) is 0.636. The predicted octanol–water partition coefficient (Wildman–Crippen LogP) is 1.58. The first kappa shape index (κ1) is 8.87. The molecule has 0 fully saturated rings. The maximum atomic E-state index is 13.4. The number of halogens is 1. The molecule has 1 heterocycles. The zero-order chi connectivity index (χ0) is 10.5. The maximum absolute atomic E-state index is 13.4. The lowest BCUT2D eigenvalue weighted by molar-refractivity contribution is -0.112. The lowest BCUT2D eigenvalue weighted by Gasteiger charge is -2.05. The van der Waals surface area contributed by atoms with Crippen LogP contribution in [-0.2, 0) is 4.79 Å². The van der Waals surface area contributed by atoms with E-state index >= 15 is 0 Å². The Balaban J connectivity index is 2.76. The van der Waals surface area contributed by atoms with Gasteiger partial charge >= 0.3 is 0 Å². The monoisotopic (exact) mass is 193 g/mol. The molecule has 1 N–H and O–H groups in total. The number of carbonyl (C=O) groups excluding carboxylic acids is 2. The molecule has 1 aromatic rings. The Labute approximate surface area is 79.9 Å². The van der Waals surface area contributed by atoms with Gasteiger partial charge in [-0.2, -0.15) is 0 Å². The van der Waals surface area contributed by atoms with Crippen LogP contribution in [0.25, 0.3) is 0 Å². The van der Waals surface area contributed by atoms with Crippen molar-refractivity contribution in [3.8, 4) is 0 Å². The van der Waals surface area contributed by atoms with E-state index in [2.05, 4.69) is 5.32 Å². The number of anilines is 1. The minimum absolute atomic E-state index is 0.270. The molecular formula is C10H8FNO2. The van der Waals surface area contributed by atoms with E-state index in [0.29, 0.717) is 16.8 Å². The van der Waals surface area contributed by atoms with Gasteiger partial charge in [-0.05, 0) is 25.5 Å². The summed E-state index contributed by atoms with van der Waals surface area (Å²) < 4.78 is 13.4. The van der Waals surface area contributed by atoms with E-state index in [-0.39, 0.29) is 11.4 Å². The fourth-order valence-electron chi connectivity index (χ4n) is 1.59. The van der Waals surface area contributed by atoms with Gasteiger partial charge in [-0.1, -0.05) is 0 Å². The Hall–Kier alpha value is -1.71. The minimum Gasteiger partial charge on any atom is -0.318 e. The van der Waals surface area contributed by atoms with Gasteiger partial charge in [0.25, 0.3) is 11.7 Å². The highest BCUT2D eigenvalue weighted by Crippen LogP contribution is 2.30. The highest BCUT2D eigenvalue weighted by molar-refractivity contribution is 6.51. The minimum atomic E-state index is -0.687. The third kappa shape index (κ3) is 0.968. The third-order valence-electron chi connectivity index (χ3n) is 2.37. The molecule has 0 radical (unpaired) electrons. The second kappa shape index (κ2) is 2.64. The summed E-state index contributed by atoms with van der Waals surface area (Å²) in [5.41, 5.74) is 1.28. The van der Waals surface area contributed by atoms with Crippen molar-refractivity contribution in [2.75, 3.05) is 5.32 Å². The molecule has 0 saturated carbocycles. The number of Topliss-reactive ketones (excluding diaryl/α,β-unsaturated/α-hetero) is 1. The fraction of sp³-hybridized carbons (Fsp3) is 0.200. The van der Waals surface area contributed by atoms with Crippen molar-refractivity contribution in [1.82, 2.24) is 0 Å². The van der Waals surface area contributed by atoms with Gasteiger partial charge in [0.1, 0.15) is 5.82 Å². The number of ketones is 1. The van der Waals surface area contributed by atoms with Gasteiger partial charge in [0.2, 0.25) is 0 Å². The fourth-order valence-corrected chi connectivity index (χ4v) is 1.59. The molecule has 72 valence electrons. The van der Waals surface area contributed by atoms with Crippen LogP contribution in [0.15, 0.2) is 6.07 Å². The van der Waals surface area contributed by atoms with Gasteiger partial charge in [0.05, 0.1) is 11.3 Å². The number of fused-ring (bicyclic) bond motifs is 1. The normalized spacial score (nSPS) is 14.2. The Bertz CT molecular complexity index is 466. The van der Waals surface area contributed by atoms with Crippen LogP contribution >= 0.6 is 0 Å². The van der Waals surface area contributed by atoms with Crippen molar-refractivity contribution in [3.63, 3.8) is 0 Å². The van der Waals surface area contributed by atoms with E-state index in [9.17, 15) is 14.0 Å². The number of nitrogens with one attached hydrogen (secondary N) is 1. The molecule has 1 aliphatic rings. The van der Waals surface area contributed by atoms with Crippen LogP contribution in [0.5, 0.6) is 0 Å². The Morgan fingerprint density at radius 3 is 2.57 bits per heavy atom. The number of hydrogen-bond donors (Lipinski definition) is 1. The lowest BCUT2D eigenvalue weighted by atomic mass is 10.0. The zero-order valence-corrected chi connectivity index (χ0v) is 7.77. The Kier molecular flexibility index (Phi) is 1.67. The number of hydrogen-bond acceptors (Lipinski definition) is 2. The summed E-state index contributed by atoms with van der Waals surface area (Å²) >= 11 is 0. The van der Waals surface area contributed by atoms with Gasteiger partial charge in [0, 0.05) is 5.56 Å².